The molecule has 0 aliphatic carbocycles. The summed E-state index contributed by atoms with van der Waals surface area (Å²) in [6, 6.07) is 5.43. The van der Waals surface area contributed by atoms with Crippen molar-refractivity contribution in [2.45, 2.75) is 16.5 Å². The largest absolute Gasteiger partial charge is 0.431 e. The zero-order valence-electron chi connectivity index (χ0n) is 9.01. The highest BCUT2D eigenvalue weighted by Crippen LogP contribution is 2.32. The first-order valence-electron chi connectivity index (χ1n) is 4.97. The number of nitrogens with zero attached hydrogens (tertiary/aromatic N) is 2. The van der Waals surface area contributed by atoms with Gasteiger partial charge in [-0.1, -0.05) is 0 Å². The molecule has 0 radical (unpaired) electrons. The number of aromatic nitrogens is 2. The second kappa shape index (κ2) is 4.05. The Morgan fingerprint density at radius 3 is 3.00 bits per heavy atom. The van der Waals surface area contributed by atoms with Gasteiger partial charge >= 0.3 is 0 Å². The Labute approximate surface area is 106 Å². The van der Waals surface area contributed by atoms with Gasteiger partial charge < -0.3 is 10.2 Å². The molecule has 86 valence electrons. The number of oxazole rings is 1. The molecule has 0 spiro atoms. The van der Waals surface area contributed by atoms with Crippen molar-refractivity contribution in [3.63, 3.8) is 0 Å². The van der Waals surface area contributed by atoms with Gasteiger partial charge in [-0.05, 0) is 25.1 Å². The van der Waals surface area contributed by atoms with E-state index in [0.717, 1.165) is 21.1 Å². The number of nitrogen functional groups attached to an aromatic ring is 1. The molecule has 3 aromatic rings. The maximum atomic E-state index is 5.69. The van der Waals surface area contributed by atoms with Gasteiger partial charge in [0, 0.05) is 28.5 Å². The Bertz CT molecular complexity index is 674. The molecule has 6 heteroatoms. The topological polar surface area (TPSA) is 64.9 Å². The quantitative estimate of drug-likeness (QED) is 0.718. The van der Waals surface area contributed by atoms with Crippen molar-refractivity contribution in [3.8, 4) is 0 Å². The summed E-state index contributed by atoms with van der Waals surface area (Å²) in [5.74, 6) is 0. The molecule has 0 amide bonds. The lowest BCUT2D eigenvalue weighted by molar-refractivity contribution is 0.489. The Hall–Kier alpha value is -1.53. The summed E-state index contributed by atoms with van der Waals surface area (Å²) in [7, 11) is 0. The average molecular weight is 263 g/mol. The Morgan fingerprint density at radius 2 is 2.24 bits per heavy atom. The number of fused-ring (bicyclic) bond motifs is 1. The fourth-order valence-corrected chi connectivity index (χ4v) is 3.11. The molecule has 2 N–H and O–H groups in total. The summed E-state index contributed by atoms with van der Waals surface area (Å²) in [4.78, 5) is 8.71. The normalized spacial score (nSPS) is 11.1. The van der Waals surface area contributed by atoms with Crippen LogP contribution < -0.4 is 5.73 Å². The molecule has 17 heavy (non-hydrogen) atoms. The van der Waals surface area contributed by atoms with Crippen LogP contribution in [0.4, 0.5) is 5.69 Å². The van der Waals surface area contributed by atoms with Gasteiger partial charge in [-0.2, -0.15) is 0 Å². The van der Waals surface area contributed by atoms with E-state index in [1.807, 2.05) is 18.4 Å². The first-order chi connectivity index (χ1) is 8.20. The van der Waals surface area contributed by atoms with Crippen molar-refractivity contribution in [2.24, 2.45) is 0 Å². The van der Waals surface area contributed by atoms with Crippen LogP contribution in [0.5, 0.6) is 0 Å². The monoisotopic (exact) mass is 263 g/mol. The standard InChI is InChI=1S/C11H9N3OS2/c1-6-5-16-11(13-6)17-10-14-8-4-7(12)2-3-9(8)15-10/h2-5H,12H2,1H3. The number of benzene rings is 1. The molecule has 0 saturated heterocycles. The molecule has 0 bridgehead atoms. The van der Waals surface area contributed by atoms with Crippen molar-refractivity contribution in [1.29, 1.82) is 0 Å². The molecule has 3 rings (SSSR count). The maximum Gasteiger partial charge on any atom is 0.263 e. The number of hydrogen-bond donors (Lipinski definition) is 1. The highest BCUT2D eigenvalue weighted by molar-refractivity contribution is 8.00. The summed E-state index contributed by atoms with van der Waals surface area (Å²) < 4.78 is 6.53. The third-order valence-electron chi connectivity index (χ3n) is 2.16. The van der Waals surface area contributed by atoms with Crippen LogP contribution >= 0.6 is 23.1 Å². The number of hydrogen-bond acceptors (Lipinski definition) is 6. The van der Waals surface area contributed by atoms with Crippen LogP contribution in [0.25, 0.3) is 11.1 Å². The van der Waals surface area contributed by atoms with Gasteiger partial charge in [0.15, 0.2) is 9.92 Å². The summed E-state index contributed by atoms with van der Waals surface area (Å²) in [6.45, 7) is 1.97. The summed E-state index contributed by atoms with van der Waals surface area (Å²) >= 11 is 3.01. The van der Waals surface area contributed by atoms with Gasteiger partial charge in [0.1, 0.15) is 5.52 Å². The van der Waals surface area contributed by atoms with E-state index in [0.29, 0.717) is 10.9 Å². The summed E-state index contributed by atoms with van der Waals surface area (Å²) in [5.41, 5.74) is 8.91. The fraction of sp³-hybridized carbons (Fsp3) is 0.0909. The van der Waals surface area contributed by atoms with Crippen molar-refractivity contribution >= 4 is 39.9 Å². The van der Waals surface area contributed by atoms with E-state index in [4.69, 9.17) is 10.2 Å². The number of anilines is 1. The predicted molar refractivity (Wildman–Crippen MR) is 69.4 cm³/mol. The third kappa shape index (κ3) is 2.13. The van der Waals surface area contributed by atoms with E-state index in [-0.39, 0.29) is 0 Å². The lowest BCUT2D eigenvalue weighted by Crippen LogP contribution is -1.82. The molecule has 0 aliphatic rings. The molecule has 0 fully saturated rings. The maximum absolute atomic E-state index is 5.69. The van der Waals surface area contributed by atoms with E-state index < -0.39 is 0 Å². The highest BCUT2D eigenvalue weighted by Gasteiger charge is 2.09. The van der Waals surface area contributed by atoms with Crippen LogP contribution in [0, 0.1) is 6.92 Å². The lowest BCUT2D eigenvalue weighted by atomic mass is 10.3. The summed E-state index contributed by atoms with van der Waals surface area (Å²) in [5, 5.41) is 2.60. The zero-order chi connectivity index (χ0) is 11.8. The molecule has 0 atom stereocenters. The first kappa shape index (κ1) is 10.6. The van der Waals surface area contributed by atoms with Crippen LogP contribution in [-0.2, 0) is 0 Å². The van der Waals surface area contributed by atoms with Crippen LogP contribution in [0.3, 0.4) is 0 Å². The smallest absolute Gasteiger partial charge is 0.263 e. The number of rotatable bonds is 2. The van der Waals surface area contributed by atoms with E-state index >= 15 is 0 Å². The molecule has 0 saturated carbocycles. The summed E-state index contributed by atoms with van der Waals surface area (Å²) in [6.07, 6.45) is 0. The van der Waals surface area contributed by atoms with Gasteiger partial charge in [-0.3, -0.25) is 0 Å². The Kier molecular flexibility index (Phi) is 2.53. The lowest BCUT2D eigenvalue weighted by Gasteiger charge is -1.88. The molecule has 2 heterocycles. The zero-order valence-corrected chi connectivity index (χ0v) is 10.6. The first-order valence-corrected chi connectivity index (χ1v) is 6.66. The average Bonchev–Trinajstić information content (AvgIpc) is 2.84. The molecular formula is C11H9N3OS2. The Morgan fingerprint density at radius 1 is 1.35 bits per heavy atom. The van der Waals surface area contributed by atoms with Gasteiger partial charge in [0.2, 0.25) is 0 Å². The van der Waals surface area contributed by atoms with Gasteiger partial charge in [0.05, 0.1) is 0 Å². The van der Waals surface area contributed by atoms with Gasteiger partial charge in [-0.15, -0.1) is 11.3 Å². The SMILES string of the molecule is Cc1csc(Sc2nc3cc(N)ccc3o2)n1. The molecule has 0 aliphatic heterocycles. The van der Waals surface area contributed by atoms with Gasteiger partial charge in [0.25, 0.3) is 5.22 Å². The van der Waals surface area contributed by atoms with E-state index in [2.05, 4.69) is 9.97 Å². The minimum absolute atomic E-state index is 0.597. The van der Waals surface area contributed by atoms with E-state index in [1.54, 1.807) is 23.5 Å². The predicted octanol–water partition coefficient (Wildman–Crippen LogP) is 3.33. The molecule has 2 aromatic heterocycles. The molecule has 1 aromatic carbocycles. The molecular weight excluding hydrogens is 254 g/mol. The van der Waals surface area contributed by atoms with Crippen LogP contribution in [0.1, 0.15) is 5.69 Å². The third-order valence-corrected chi connectivity index (χ3v) is 4.07. The van der Waals surface area contributed by atoms with Crippen molar-refractivity contribution < 1.29 is 4.42 Å². The van der Waals surface area contributed by atoms with Crippen molar-refractivity contribution in [1.82, 2.24) is 9.97 Å². The fourth-order valence-electron chi connectivity index (χ4n) is 1.42. The second-order valence-corrected chi connectivity index (χ2v) is 5.62. The number of nitrogens with two attached hydrogens (primary N) is 1. The van der Waals surface area contributed by atoms with E-state index in [9.17, 15) is 0 Å². The van der Waals surface area contributed by atoms with Crippen molar-refractivity contribution in [3.05, 3.63) is 29.3 Å². The minimum atomic E-state index is 0.597. The Balaban J connectivity index is 1.95. The molecule has 0 unspecified atom stereocenters. The van der Waals surface area contributed by atoms with E-state index in [1.165, 1.54) is 11.8 Å². The second-order valence-electron chi connectivity index (χ2n) is 3.56. The van der Waals surface area contributed by atoms with Crippen LogP contribution in [0.2, 0.25) is 0 Å². The highest BCUT2D eigenvalue weighted by atomic mass is 32.2. The van der Waals surface area contributed by atoms with Crippen LogP contribution in [-0.4, -0.2) is 9.97 Å². The number of aryl methyl sites for hydroxylation is 1. The number of thiazole rings is 1. The minimum Gasteiger partial charge on any atom is -0.431 e. The van der Waals surface area contributed by atoms with Crippen LogP contribution in [0.15, 0.2) is 37.6 Å². The van der Waals surface area contributed by atoms with Crippen molar-refractivity contribution in [2.75, 3.05) is 5.73 Å². The molecule has 4 nitrogen and oxygen atoms in total. The van der Waals surface area contributed by atoms with Gasteiger partial charge in [-0.25, -0.2) is 9.97 Å².